The van der Waals surface area contributed by atoms with Gasteiger partial charge in [-0.2, -0.15) is 5.26 Å². The van der Waals surface area contributed by atoms with Crippen LogP contribution < -0.4 is 5.32 Å². The molecule has 0 aliphatic heterocycles. The zero-order valence-corrected chi connectivity index (χ0v) is 14.8. The van der Waals surface area contributed by atoms with Gasteiger partial charge in [-0.1, -0.05) is 44.4 Å². The number of nitrogens with zero attached hydrogens (tertiary/aromatic N) is 1. The highest BCUT2D eigenvalue weighted by molar-refractivity contribution is 7.91. The lowest BCUT2D eigenvalue weighted by atomic mass is 9.74. The SMILES string of the molecule is CC[C@@H](CS(=O)(=O)c1ccccc1)NC(=O)C1(C#N)CCCCC1. The number of sulfone groups is 1. The molecule has 1 amide bonds. The van der Waals surface area contributed by atoms with E-state index in [0.717, 1.165) is 19.3 Å². The lowest BCUT2D eigenvalue weighted by molar-refractivity contribution is -0.130. The third-order valence-electron chi connectivity index (χ3n) is 4.71. The Labute approximate surface area is 144 Å². The molecule has 0 heterocycles. The number of carbonyl (C=O) groups is 1. The highest BCUT2D eigenvalue weighted by atomic mass is 32.2. The van der Waals surface area contributed by atoms with Gasteiger partial charge < -0.3 is 5.32 Å². The van der Waals surface area contributed by atoms with Crippen LogP contribution >= 0.6 is 0 Å². The zero-order chi connectivity index (χ0) is 17.6. The molecule has 0 bridgehead atoms. The normalized spacial score (nSPS) is 18.3. The summed E-state index contributed by atoms with van der Waals surface area (Å²) >= 11 is 0. The first-order valence-corrected chi connectivity index (χ1v) is 10.1. The fraction of sp³-hybridized carbons (Fsp3) is 0.556. The van der Waals surface area contributed by atoms with Crippen molar-refractivity contribution in [1.82, 2.24) is 5.32 Å². The van der Waals surface area contributed by atoms with E-state index in [1.807, 2.05) is 6.92 Å². The Morgan fingerprint density at radius 3 is 2.42 bits per heavy atom. The van der Waals surface area contributed by atoms with E-state index in [1.54, 1.807) is 30.3 Å². The van der Waals surface area contributed by atoms with Crippen LogP contribution in [0.2, 0.25) is 0 Å². The maximum absolute atomic E-state index is 12.6. The lowest BCUT2D eigenvalue weighted by Crippen LogP contribution is -2.48. The Bertz CT molecular complexity index is 702. The molecule has 2 rings (SSSR count). The summed E-state index contributed by atoms with van der Waals surface area (Å²) < 4.78 is 25.0. The van der Waals surface area contributed by atoms with Gasteiger partial charge in [0.25, 0.3) is 0 Å². The van der Waals surface area contributed by atoms with Crippen LogP contribution in [0.3, 0.4) is 0 Å². The fourth-order valence-corrected chi connectivity index (χ4v) is 4.73. The molecule has 1 aliphatic rings. The van der Waals surface area contributed by atoms with E-state index < -0.39 is 21.3 Å². The predicted molar refractivity (Wildman–Crippen MR) is 91.8 cm³/mol. The van der Waals surface area contributed by atoms with Crippen LogP contribution in [0.15, 0.2) is 35.2 Å². The van der Waals surface area contributed by atoms with Crippen LogP contribution in [0.4, 0.5) is 0 Å². The molecule has 0 aromatic heterocycles. The maximum Gasteiger partial charge on any atom is 0.240 e. The summed E-state index contributed by atoms with van der Waals surface area (Å²) in [7, 11) is -3.47. The third-order valence-corrected chi connectivity index (χ3v) is 6.54. The van der Waals surface area contributed by atoms with Crippen molar-refractivity contribution in [2.24, 2.45) is 5.41 Å². The number of hydrogen-bond acceptors (Lipinski definition) is 4. The highest BCUT2D eigenvalue weighted by Crippen LogP contribution is 2.36. The highest BCUT2D eigenvalue weighted by Gasteiger charge is 2.40. The van der Waals surface area contributed by atoms with E-state index in [2.05, 4.69) is 11.4 Å². The van der Waals surface area contributed by atoms with Crippen molar-refractivity contribution in [1.29, 1.82) is 5.26 Å². The molecule has 5 nitrogen and oxygen atoms in total. The molecule has 0 saturated heterocycles. The van der Waals surface area contributed by atoms with E-state index in [0.29, 0.717) is 19.3 Å². The Kier molecular flexibility index (Phi) is 6.00. The summed E-state index contributed by atoms with van der Waals surface area (Å²) in [5.74, 6) is -0.472. The number of hydrogen-bond donors (Lipinski definition) is 1. The predicted octanol–water partition coefficient (Wildman–Crippen LogP) is 2.83. The van der Waals surface area contributed by atoms with Gasteiger partial charge in [0.05, 0.1) is 16.7 Å². The quantitative estimate of drug-likeness (QED) is 0.856. The Balaban J connectivity index is 2.09. The van der Waals surface area contributed by atoms with E-state index in [9.17, 15) is 18.5 Å². The van der Waals surface area contributed by atoms with Gasteiger partial charge >= 0.3 is 0 Å². The first kappa shape index (κ1) is 18.5. The average Bonchev–Trinajstić information content (AvgIpc) is 2.62. The molecule has 130 valence electrons. The van der Waals surface area contributed by atoms with E-state index >= 15 is 0 Å². The van der Waals surface area contributed by atoms with E-state index in [1.165, 1.54) is 0 Å². The van der Waals surface area contributed by atoms with Crippen molar-refractivity contribution in [2.75, 3.05) is 5.75 Å². The van der Waals surface area contributed by atoms with Crippen LogP contribution in [0.25, 0.3) is 0 Å². The van der Waals surface area contributed by atoms with Crippen LogP contribution in [0, 0.1) is 16.7 Å². The summed E-state index contributed by atoms with van der Waals surface area (Å²) in [5.41, 5.74) is -0.998. The molecule has 1 aromatic carbocycles. The molecule has 1 aromatic rings. The summed E-state index contributed by atoms with van der Waals surface area (Å²) in [6.07, 6.45) is 4.37. The summed E-state index contributed by atoms with van der Waals surface area (Å²) in [5, 5.41) is 12.3. The number of carbonyl (C=O) groups excluding carboxylic acids is 1. The van der Waals surface area contributed by atoms with Gasteiger partial charge in [-0.05, 0) is 31.4 Å². The van der Waals surface area contributed by atoms with Gasteiger partial charge in [0.15, 0.2) is 9.84 Å². The minimum atomic E-state index is -3.47. The molecule has 1 atom stereocenters. The van der Waals surface area contributed by atoms with Gasteiger partial charge in [0.2, 0.25) is 5.91 Å². The fourth-order valence-electron chi connectivity index (χ4n) is 3.12. The van der Waals surface area contributed by atoms with Crippen molar-refractivity contribution in [3.05, 3.63) is 30.3 Å². The third kappa shape index (κ3) is 4.15. The van der Waals surface area contributed by atoms with Gasteiger partial charge in [-0.3, -0.25) is 4.79 Å². The van der Waals surface area contributed by atoms with Crippen molar-refractivity contribution in [2.45, 2.75) is 56.4 Å². The monoisotopic (exact) mass is 348 g/mol. The molecule has 1 aliphatic carbocycles. The number of nitriles is 1. The number of rotatable bonds is 6. The summed E-state index contributed by atoms with van der Waals surface area (Å²) in [4.78, 5) is 12.9. The van der Waals surface area contributed by atoms with Crippen molar-refractivity contribution >= 4 is 15.7 Å². The maximum atomic E-state index is 12.6. The Morgan fingerprint density at radius 1 is 1.25 bits per heavy atom. The van der Waals surface area contributed by atoms with Gasteiger partial charge in [0.1, 0.15) is 5.41 Å². The largest absolute Gasteiger partial charge is 0.351 e. The second-order valence-corrected chi connectivity index (χ2v) is 8.46. The Morgan fingerprint density at radius 2 is 1.88 bits per heavy atom. The standard InChI is InChI=1S/C18H24N2O3S/c1-2-15(13-24(22,23)16-9-5-3-6-10-16)20-17(21)18(14-19)11-7-4-8-12-18/h3,5-6,9-10,15H,2,4,7-8,11-13H2,1H3,(H,20,21)/t15-/m0/s1. The first-order chi connectivity index (χ1) is 11.4. The van der Waals surface area contributed by atoms with Crippen molar-refractivity contribution < 1.29 is 13.2 Å². The van der Waals surface area contributed by atoms with Crippen LogP contribution in [-0.2, 0) is 14.6 Å². The van der Waals surface area contributed by atoms with Crippen LogP contribution in [-0.4, -0.2) is 26.1 Å². The second kappa shape index (κ2) is 7.80. The molecular formula is C18H24N2O3S. The molecule has 0 spiro atoms. The van der Waals surface area contributed by atoms with Gasteiger partial charge in [-0.25, -0.2) is 8.42 Å². The lowest BCUT2D eigenvalue weighted by Gasteiger charge is -2.31. The topological polar surface area (TPSA) is 87.0 Å². The van der Waals surface area contributed by atoms with Crippen molar-refractivity contribution in [3.63, 3.8) is 0 Å². The number of amides is 1. The summed E-state index contributed by atoms with van der Waals surface area (Å²) in [6.45, 7) is 1.84. The van der Waals surface area contributed by atoms with Gasteiger partial charge in [-0.15, -0.1) is 0 Å². The molecule has 0 unspecified atom stereocenters. The molecule has 1 fully saturated rings. The Hall–Kier alpha value is -1.87. The first-order valence-electron chi connectivity index (χ1n) is 8.43. The van der Waals surface area contributed by atoms with Crippen LogP contribution in [0.5, 0.6) is 0 Å². The van der Waals surface area contributed by atoms with Crippen molar-refractivity contribution in [3.8, 4) is 6.07 Å². The number of benzene rings is 1. The smallest absolute Gasteiger partial charge is 0.240 e. The minimum Gasteiger partial charge on any atom is -0.351 e. The molecule has 1 saturated carbocycles. The average molecular weight is 348 g/mol. The van der Waals surface area contributed by atoms with E-state index in [-0.39, 0.29) is 16.6 Å². The second-order valence-electron chi connectivity index (χ2n) is 6.43. The van der Waals surface area contributed by atoms with Crippen LogP contribution in [0.1, 0.15) is 45.4 Å². The number of nitrogens with one attached hydrogen (secondary N) is 1. The minimum absolute atomic E-state index is 0.152. The molecule has 24 heavy (non-hydrogen) atoms. The molecular weight excluding hydrogens is 324 g/mol. The zero-order valence-electron chi connectivity index (χ0n) is 14.0. The van der Waals surface area contributed by atoms with E-state index in [4.69, 9.17) is 0 Å². The summed E-state index contributed by atoms with van der Waals surface area (Å²) in [6, 6.07) is 9.92. The van der Waals surface area contributed by atoms with Gasteiger partial charge in [0, 0.05) is 6.04 Å². The molecule has 6 heteroatoms. The molecule has 0 radical (unpaired) electrons. The molecule has 1 N–H and O–H groups in total.